The van der Waals surface area contributed by atoms with Crippen molar-refractivity contribution in [1.82, 2.24) is 15.1 Å². The van der Waals surface area contributed by atoms with Gasteiger partial charge in [0.2, 0.25) is 5.76 Å². The van der Waals surface area contributed by atoms with Gasteiger partial charge in [-0.05, 0) is 43.2 Å². The molecule has 140 valence electrons. The number of ether oxygens (including phenoxy) is 1. The van der Waals surface area contributed by atoms with Crippen molar-refractivity contribution in [1.29, 1.82) is 0 Å². The first-order valence-electron chi connectivity index (χ1n) is 8.61. The van der Waals surface area contributed by atoms with Gasteiger partial charge in [0, 0.05) is 12.4 Å². The van der Waals surface area contributed by atoms with Gasteiger partial charge in [-0.3, -0.25) is 9.48 Å². The van der Waals surface area contributed by atoms with E-state index in [0.29, 0.717) is 12.3 Å². The fraction of sp³-hybridized carbons (Fsp3) is 0.250. The predicted octanol–water partition coefficient (Wildman–Crippen LogP) is 2.87. The van der Waals surface area contributed by atoms with Crippen molar-refractivity contribution in [3.8, 4) is 0 Å². The number of amides is 1. The molecule has 2 heterocycles. The number of furan rings is 1. The maximum absolute atomic E-state index is 12.1. The van der Waals surface area contributed by atoms with E-state index in [0.717, 1.165) is 11.1 Å². The molecular weight excluding hydrogens is 346 g/mol. The van der Waals surface area contributed by atoms with E-state index in [1.807, 2.05) is 38.1 Å². The van der Waals surface area contributed by atoms with Crippen molar-refractivity contribution < 1.29 is 18.7 Å². The number of aryl methyl sites for hydroxylation is 1. The van der Waals surface area contributed by atoms with Crippen LogP contribution in [0.4, 0.5) is 0 Å². The summed E-state index contributed by atoms with van der Waals surface area (Å²) in [5.41, 5.74) is 2.11. The molecule has 0 aliphatic heterocycles. The molecule has 0 saturated carbocycles. The first kappa shape index (κ1) is 18.4. The molecule has 0 radical (unpaired) electrons. The summed E-state index contributed by atoms with van der Waals surface area (Å²) in [4.78, 5) is 24.1. The van der Waals surface area contributed by atoms with Gasteiger partial charge < -0.3 is 14.5 Å². The Labute approximate surface area is 156 Å². The summed E-state index contributed by atoms with van der Waals surface area (Å²) in [5, 5.41) is 6.89. The highest BCUT2D eigenvalue weighted by molar-refractivity contribution is 5.88. The number of nitrogens with one attached hydrogen (secondary N) is 1. The average molecular weight is 367 g/mol. The first-order chi connectivity index (χ1) is 13.0. The minimum Gasteiger partial charge on any atom is -0.452 e. The van der Waals surface area contributed by atoms with Crippen molar-refractivity contribution in [3.05, 3.63) is 77.5 Å². The van der Waals surface area contributed by atoms with Crippen molar-refractivity contribution >= 4 is 11.9 Å². The van der Waals surface area contributed by atoms with Crippen LogP contribution in [0.25, 0.3) is 0 Å². The summed E-state index contributed by atoms with van der Waals surface area (Å²) in [6.07, 6.45) is 3.45. The van der Waals surface area contributed by atoms with E-state index < -0.39 is 5.97 Å². The smallest absolute Gasteiger partial charge is 0.374 e. The summed E-state index contributed by atoms with van der Waals surface area (Å²) in [5.74, 6) is -0.428. The van der Waals surface area contributed by atoms with E-state index in [9.17, 15) is 9.59 Å². The van der Waals surface area contributed by atoms with Crippen LogP contribution in [0.3, 0.4) is 0 Å². The predicted molar refractivity (Wildman–Crippen MR) is 98.1 cm³/mol. The van der Waals surface area contributed by atoms with Crippen molar-refractivity contribution in [2.24, 2.45) is 0 Å². The van der Waals surface area contributed by atoms with Crippen molar-refractivity contribution in [2.75, 3.05) is 6.61 Å². The zero-order chi connectivity index (χ0) is 19.2. The van der Waals surface area contributed by atoms with E-state index in [1.165, 1.54) is 6.07 Å². The Morgan fingerprint density at radius 3 is 2.78 bits per heavy atom. The normalized spacial score (nSPS) is 11.8. The topological polar surface area (TPSA) is 86.4 Å². The highest BCUT2D eigenvalue weighted by Crippen LogP contribution is 2.16. The molecule has 0 unspecified atom stereocenters. The molecule has 3 aromatic rings. The fourth-order valence-electron chi connectivity index (χ4n) is 2.76. The molecule has 0 aliphatic carbocycles. The molecule has 0 saturated heterocycles. The second kappa shape index (κ2) is 8.35. The minimum absolute atomic E-state index is 0.0527. The molecule has 2 aromatic heterocycles. The van der Waals surface area contributed by atoms with Gasteiger partial charge in [-0.25, -0.2) is 4.79 Å². The number of hydrogen-bond acceptors (Lipinski definition) is 5. The monoisotopic (exact) mass is 367 g/mol. The quantitative estimate of drug-likeness (QED) is 0.649. The van der Waals surface area contributed by atoms with E-state index in [-0.39, 0.29) is 24.3 Å². The maximum atomic E-state index is 12.1. The molecule has 0 aliphatic rings. The van der Waals surface area contributed by atoms with Gasteiger partial charge in [-0.1, -0.05) is 24.3 Å². The molecule has 0 spiro atoms. The van der Waals surface area contributed by atoms with Gasteiger partial charge in [-0.15, -0.1) is 0 Å². The molecular formula is C20H21N3O4. The zero-order valence-corrected chi connectivity index (χ0v) is 15.2. The molecule has 1 amide bonds. The van der Waals surface area contributed by atoms with E-state index >= 15 is 0 Å². The molecule has 0 fully saturated rings. The van der Waals surface area contributed by atoms with E-state index in [4.69, 9.17) is 9.15 Å². The molecule has 3 rings (SSSR count). The largest absolute Gasteiger partial charge is 0.452 e. The Hall–Kier alpha value is -3.35. The van der Waals surface area contributed by atoms with Crippen LogP contribution in [0.15, 0.2) is 59.3 Å². The third-order valence-electron chi connectivity index (χ3n) is 4.11. The highest BCUT2D eigenvalue weighted by Gasteiger charge is 2.16. The van der Waals surface area contributed by atoms with Crippen LogP contribution < -0.4 is 5.32 Å². The Kier molecular flexibility index (Phi) is 5.71. The third kappa shape index (κ3) is 4.84. The van der Waals surface area contributed by atoms with Gasteiger partial charge >= 0.3 is 5.97 Å². The minimum atomic E-state index is -0.680. The Balaban J connectivity index is 1.49. The van der Waals surface area contributed by atoms with Crippen LogP contribution in [-0.2, 0) is 16.1 Å². The Morgan fingerprint density at radius 2 is 2.04 bits per heavy atom. The first-order valence-corrected chi connectivity index (χ1v) is 8.61. The number of carbonyl (C=O) groups excluding carboxylic acids is 2. The van der Waals surface area contributed by atoms with Crippen LogP contribution in [0.5, 0.6) is 0 Å². The Bertz CT molecular complexity index is 915. The number of rotatable bonds is 7. The summed E-state index contributed by atoms with van der Waals surface area (Å²) in [6, 6.07) is 12.6. The van der Waals surface area contributed by atoms with Crippen molar-refractivity contribution in [2.45, 2.75) is 26.4 Å². The zero-order valence-electron chi connectivity index (χ0n) is 15.2. The summed E-state index contributed by atoms with van der Waals surface area (Å²) in [7, 11) is 0. The molecule has 27 heavy (non-hydrogen) atoms. The molecule has 7 nitrogen and oxygen atoms in total. The maximum Gasteiger partial charge on any atom is 0.374 e. The summed E-state index contributed by atoms with van der Waals surface area (Å²) >= 11 is 0. The standard InChI is InChI=1S/C20H21N3O4/c1-14-6-3-4-7-17(14)15(2)22-19(24)13-26-20(25)18-9-8-16(27-18)12-23-11-5-10-21-23/h3-11,15H,12-13H2,1-2H3,(H,22,24)/t15-/m1/s1. The number of esters is 1. The van der Waals surface area contributed by atoms with Crippen LogP contribution >= 0.6 is 0 Å². The van der Waals surface area contributed by atoms with Gasteiger partial charge in [0.15, 0.2) is 6.61 Å². The van der Waals surface area contributed by atoms with Gasteiger partial charge in [0.05, 0.1) is 12.6 Å². The van der Waals surface area contributed by atoms with Crippen LogP contribution in [-0.4, -0.2) is 28.3 Å². The van der Waals surface area contributed by atoms with Crippen molar-refractivity contribution in [3.63, 3.8) is 0 Å². The van der Waals surface area contributed by atoms with E-state index in [1.54, 1.807) is 29.2 Å². The number of aromatic nitrogens is 2. The lowest BCUT2D eigenvalue weighted by atomic mass is 10.0. The number of hydrogen-bond donors (Lipinski definition) is 1. The number of benzene rings is 1. The van der Waals surface area contributed by atoms with Crippen LogP contribution in [0.1, 0.15) is 40.4 Å². The molecule has 0 bridgehead atoms. The van der Waals surface area contributed by atoms with Gasteiger partial charge in [-0.2, -0.15) is 5.10 Å². The number of nitrogens with zero attached hydrogens (tertiary/aromatic N) is 2. The summed E-state index contributed by atoms with van der Waals surface area (Å²) in [6.45, 7) is 3.91. The second-order valence-corrected chi connectivity index (χ2v) is 6.19. The lowest BCUT2D eigenvalue weighted by Crippen LogP contribution is -2.31. The van der Waals surface area contributed by atoms with E-state index in [2.05, 4.69) is 10.4 Å². The Morgan fingerprint density at radius 1 is 1.22 bits per heavy atom. The lowest BCUT2D eigenvalue weighted by molar-refractivity contribution is -0.124. The second-order valence-electron chi connectivity index (χ2n) is 6.19. The molecule has 1 aromatic carbocycles. The van der Waals surface area contributed by atoms with Crippen LogP contribution in [0, 0.1) is 6.92 Å². The number of carbonyl (C=O) groups is 2. The van der Waals surface area contributed by atoms with Gasteiger partial charge in [0.25, 0.3) is 5.91 Å². The van der Waals surface area contributed by atoms with Gasteiger partial charge in [0.1, 0.15) is 5.76 Å². The molecule has 1 atom stereocenters. The average Bonchev–Trinajstić information content (AvgIpc) is 3.32. The lowest BCUT2D eigenvalue weighted by Gasteiger charge is -2.16. The highest BCUT2D eigenvalue weighted by atomic mass is 16.5. The fourth-order valence-corrected chi connectivity index (χ4v) is 2.76. The molecule has 1 N–H and O–H groups in total. The summed E-state index contributed by atoms with van der Waals surface area (Å²) < 4.78 is 12.2. The molecule has 7 heteroatoms. The SMILES string of the molecule is Cc1ccccc1[C@@H](C)NC(=O)COC(=O)c1ccc(Cn2cccn2)o1. The third-order valence-corrected chi connectivity index (χ3v) is 4.11. The van der Waals surface area contributed by atoms with Crippen LogP contribution in [0.2, 0.25) is 0 Å².